The van der Waals surface area contributed by atoms with E-state index in [0.717, 1.165) is 11.1 Å². The molecule has 1 aromatic heterocycles. The van der Waals surface area contributed by atoms with Gasteiger partial charge in [0.1, 0.15) is 0 Å². The van der Waals surface area contributed by atoms with Gasteiger partial charge >= 0.3 is 0 Å². The number of hydrogen-bond donors (Lipinski definition) is 1. The van der Waals surface area contributed by atoms with Gasteiger partial charge in [-0.2, -0.15) is 13.5 Å². The number of aliphatic hydroxyl groups is 1. The molecule has 0 fully saturated rings. The molecule has 8 nitrogen and oxygen atoms in total. The fourth-order valence-corrected chi connectivity index (χ4v) is 5.24. The van der Waals surface area contributed by atoms with Gasteiger partial charge in [0, 0.05) is 36.9 Å². The van der Waals surface area contributed by atoms with Crippen molar-refractivity contribution in [2.45, 2.75) is 18.0 Å². The summed E-state index contributed by atoms with van der Waals surface area (Å²) in [4.78, 5) is 14.5. The van der Waals surface area contributed by atoms with Crippen molar-refractivity contribution in [2.75, 3.05) is 24.0 Å². The first-order valence-electron chi connectivity index (χ1n) is 10.1. The molecule has 0 saturated carbocycles. The third kappa shape index (κ3) is 4.36. The van der Waals surface area contributed by atoms with Gasteiger partial charge in [-0.1, -0.05) is 29.8 Å². The van der Waals surface area contributed by atoms with Crippen LogP contribution in [0.3, 0.4) is 0 Å². The average molecular weight is 475 g/mol. The van der Waals surface area contributed by atoms with Crippen LogP contribution < -0.4 is 4.31 Å². The van der Waals surface area contributed by atoms with Gasteiger partial charge in [0.15, 0.2) is 5.03 Å². The summed E-state index contributed by atoms with van der Waals surface area (Å²) in [6.45, 7) is 0.677. The smallest absolute Gasteiger partial charge is 0.283 e. The number of nitrogens with zero attached hydrogens (tertiary/aromatic N) is 4. The number of aryl methyl sites for hydroxylation is 1. The van der Waals surface area contributed by atoms with Crippen molar-refractivity contribution < 1.29 is 18.3 Å². The van der Waals surface area contributed by atoms with Crippen LogP contribution >= 0.6 is 11.6 Å². The van der Waals surface area contributed by atoms with E-state index in [4.69, 9.17) is 11.6 Å². The predicted molar refractivity (Wildman–Crippen MR) is 121 cm³/mol. The molecule has 0 unspecified atom stereocenters. The van der Waals surface area contributed by atoms with Crippen molar-refractivity contribution in [2.24, 2.45) is 7.05 Å². The molecular weight excluding hydrogens is 452 g/mol. The third-order valence-electron chi connectivity index (χ3n) is 5.40. The Morgan fingerprint density at radius 2 is 1.91 bits per heavy atom. The van der Waals surface area contributed by atoms with E-state index in [1.54, 1.807) is 60.6 Å². The molecule has 4 rings (SSSR count). The van der Waals surface area contributed by atoms with Gasteiger partial charge in [-0.15, -0.1) is 0 Å². The number of benzene rings is 2. The molecule has 1 aliphatic rings. The van der Waals surface area contributed by atoms with Crippen molar-refractivity contribution in [3.63, 3.8) is 0 Å². The Hall–Kier alpha value is -2.88. The maximum atomic E-state index is 13.5. The predicted octanol–water partition coefficient (Wildman–Crippen LogP) is 2.46. The molecule has 10 heteroatoms. The molecule has 0 atom stereocenters. The quantitative estimate of drug-likeness (QED) is 0.567. The Labute approximate surface area is 191 Å². The Morgan fingerprint density at radius 3 is 2.56 bits per heavy atom. The van der Waals surface area contributed by atoms with E-state index in [9.17, 15) is 18.3 Å². The largest absolute Gasteiger partial charge is 0.395 e. The van der Waals surface area contributed by atoms with Gasteiger partial charge in [-0.3, -0.25) is 13.8 Å². The first-order chi connectivity index (χ1) is 15.3. The van der Waals surface area contributed by atoms with E-state index in [-0.39, 0.29) is 30.6 Å². The zero-order valence-electron chi connectivity index (χ0n) is 17.5. The minimum atomic E-state index is -4.01. The number of fused-ring (bicyclic) bond motifs is 1. The zero-order chi connectivity index (χ0) is 22.9. The van der Waals surface area contributed by atoms with Gasteiger partial charge in [-0.25, -0.2) is 0 Å². The summed E-state index contributed by atoms with van der Waals surface area (Å²) in [6.07, 6.45) is 2.21. The summed E-state index contributed by atoms with van der Waals surface area (Å²) in [5.74, 6) is -0.219. The molecule has 0 radical (unpaired) electrons. The lowest BCUT2D eigenvalue weighted by molar-refractivity contribution is 0.0705. The van der Waals surface area contributed by atoms with E-state index < -0.39 is 10.0 Å². The van der Waals surface area contributed by atoms with Crippen molar-refractivity contribution in [3.05, 3.63) is 76.4 Å². The number of sulfonamides is 1. The van der Waals surface area contributed by atoms with Crippen LogP contribution in [0.5, 0.6) is 0 Å². The average Bonchev–Trinajstić information content (AvgIpc) is 3.22. The van der Waals surface area contributed by atoms with Gasteiger partial charge in [0.05, 0.1) is 18.8 Å². The number of aliphatic hydroxyl groups excluding tert-OH is 1. The molecule has 1 amide bonds. The van der Waals surface area contributed by atoms with Crippen LogP contribution in [0.15, 0.2) is 59.8 Å². The number of anilines is 1. The third-order valence-corrected chi connectivity index (χ3v) is 7.32. The van der Waals surface area contributed by atoms with Crippen molar-refractivity contribution in [3.8, 4) is 0 Å². The Morgan fingerprint density at radius 1 is 1.16 bits per heavy atom. The fourth-order valence-electron chi connectivity index (χ4n) is 3.71. The van der Waals surface area contributed by atoms with Crippen LogP contribution in [-0.2, 0) is 30.0 Å². The van der Waals surface area contributed by atoms with Gasteiger partial charge in [0.2, 0.25) is 0 Å². The second kappa shape index (κ2) is 8.93. The molecule has 0 spiro atoms. The van der Waals surface area contributed by atoms with E-state index in [1.807, 2.05) is 0 Å². The number of halogens is 1. The summed E-state index contributed by atoms with van der Waals surface area (Å²) in [5.41, 5.74) is 2.40. The summed E-state index contributed by atoms with van der Waals surface area (Å²) in [5, 5.41) is 13.8. The van der Waals surface area contributed by atoms with Crippen LogP contribution in [0.25, 0.3) is 0 Å². The molecule has 1 aliphatic heterocycles. The van der Waals surface area contributed by atoms with Gasteiger partial charge in [0.25, 0.3) is 15.9 Å². The number of carbonyl (C=O) groups is 1. The highest BCUT2D eigenvalue weighted by molar-refractivity contribution is 7.92. The number of β-amino-alcohol motifs (C(OH)–C–C–N with tert-alkyl or cyclic N) is 1. The Kier molecular flexibility index (Phi) is 6.23. The van der Waals surface area contributed by atoms with Crippen LogP contribution in [0.4, 0.5) is 5.69 Å². The molecule has 2 heterocycles. The molecule has 2 aromatic carbocycles. The topological polar surface area (TPSA) is 95.7 Å². The summed E-state index contributed by atoms with van der Waals surface area (Å²) < 4.78 is 29.7. The fraction of sp³-hybridized carbons (Fsp3) is 0.273. The Balaban J connectivity index is 1.78. The number of carbonyl (C=O) groups excluding carboxylic acids is 1. The van der Waals surface area contributed by atoms with Crippen molar-refractivity contribution in [1.82, 2.24) is 14.7 Å². The van der Waals surface area contributed by atoms with Crippen molar-refractivity contribution in [1.29, 1.82) is 0 Å². The maximum absolute atomic E-state index is 13.5. The highest BCUT2D eigenvalue weighted by atomic mass is 35.5. The first kappa shape index (κ1) is 22.3. The number of rotatable bonds is 7. The SMILES string of the molecule is Cn1ccc(S(=O)(=O)N(Cc2ccc(Cl)cc2)c2ccc3c(c2)C(=O)N(CCO)CC3)n1. The van der Waals surface area contributed by atoms with Gasteiger partial charge in [-0.05, 0) is 47.9 Å². The molecule has 168 valence electrons. The van der Waals surface area contributed by atoms with E-state index in [1.165, 1.54) is 15.1 Å². The van der Waals surface area contributed by atoms with E-state index in [2.05, 4.69) is 5.10 Å². The minimum Gasteiger partial charge on any atom is -0.395 e. The van der Waals surface area contributed by atoms with E-state index in [0.29, 0.717) is 29.2 Å². The minimum absolute atomic E-state index is 0.0450. The molecule has 0 saturated heterocycles. The number of aromatic nitrogens is 2. The highest BCUT2D eigenvalue weighted by Gasteiger charge is 2.30. The molecular formula is C22H23ClN4O4S. The van der Waals surface area contributed by atoms with Crippen LogP contribution in [0.1, 0.15) is 21.5 Å². The second-order valence-corrected chi connectivity index (χ2v) is 9.82. The summed E-state index contributed by atoms with van der Waals surface area (Å²) in [6, 6.07) is 13.5. The lowest BCUT2D eigenvalue weighted by atomic mass is 9.98. The zero-order valence-corrected chi connectivity index (χ0v) is 19.1. The standard InChI is InChI=1S/C22H23ClN4O4S/c1-25-10-9-21(24-25)32(30,31)27(15-16-2-5-18(23)6-3-16)19-7-4-17-8-11-26(12-13-28)22(29)20(17)14-19/h2-7,9-10,14,28H,8,11-13,15H2,1H3. The van der Waals surface area contributed by atoms with Crippen molar-refractivity contribution >= 4 is 33.2 Å². The monoisotopic (exact) mass is 474 g/mol. The van der Waals surface area contributed by atoms with Gasteiger partial charge < -0.3 is 10.0 Å². The second-order valence-electron chi connectivity index (χ2n) is 7.57. The van der Waals surface area contributed by atoms with Crippen LogP contribution in [0, 0.1) is 0 Å². The summed E-state index contributed by atoms with van der Waals surface area (Å²) >= 11 is 5.98. The lowest BCUT2D eigenvalue weighted by Gasteiger charge is -2.30. The number of hydrogen-bond acceptors (Lipinski definition) is 5. The molecule has 1 N–H and O–H groups in total. The lowest BCUT2D eigenvalue weighted by Crippen LogP contribution is -2.39. The molecule has 3 aromatic rings. The highest BCUT2D eigenvalue weighted by Crippen LogP contribution is 2.30. The van der Waals surface area contributed by atoms with Crippen LogP contribution in [-0.4, -0.2) is 53.8 Å². The summed E-state index contributed by atoms with van der Waals surface area (Å²) in [7, 11) is -2.36. The normalized spacial score (nSPS) is 13.8. The molecule has 0 bridgehead atoms. The Bertz CT molecular complexity index is 1240. The van der Waals surface area contributed by atoms with Crippen LogP contribution in [0.2, 0.25) is 5.02 Å². The molecule has 0 aliphatic carbocycles. The first-order valence-corrected chi connectivity index (χ1v) is 11.9. The maximum Gasteiger partial charge on any atom is 0.283 e. The number of amides is 1. The molecule has 32 heavy (non-hydrogen) atoms. The van der Waals surface area contributed by atoms with E-state index >= 15 is 0 Å².